The Balaban J connectivity index is 1.40. The Morgan fingerprint density at radius 3 is 2.41 bits per heavy atom. The number of nitrogens with one attached hydrogen (secondary N) is 1. The maximum Gasteiger partial charge on any atom is 0.0471 e. The lowest BCUT2D eigenvalue weighted by atomic mass is 9.94. The van der Waals surface area contributed by atoms with E-state index in [1.54, 1.807) is 0 Å². The van der Waals surface area contributed by atoms with Crippen molar-refractivity contribution in [2.45, 2.75) is 63.8 Å². The quantitative estimate of drug-likeness (QED) is 0.762. The van der Waals surface area contributed by atoms with E-state index in [0.717, 1.165) is 25.2 Å². The lowest BCUT2D eigenvalue weighted by Crippen LogP contribution is -2.32. The van der Waals surface area contributed by atoms with Crippen LogP contribution in [0.4, 0.5) is 0 Å². The summed E-state index contributed by atoms with van der Waals surface area (Å²) in [5, 5.41) is 3.85. The van der Waals surface area contributed by atoms with Crippen molar-refractivity contribution in [1.82, 2.24) is 5.32 Å². The molecule has 2 saturated carbocycles. The van der Waals surface area contributed by atoms with Crippen LogP contribution in [0.2, 0.25) is 0 Å². The molecule has 0 amide bonds. The van der Waals surface area contributed by atoms with Gasteiger partial charge >= 0.3 is 0 Å². The van der Waals surface area contributed by atoms with Gasteiger partial charge in [-0.05, 0) is 50.0 Å². The predicted molar refractivity (Wildman–Crippen MR) is 70.1 cm³/mol. The van der Waals surface area contributed by atoms with Gasteiger partial charge in [0.1, 0.15) is 0 Å². The molecule has 1 unspecified atom stereocenters. The highest BCUT2D eigenvalue weighted by Crippen LogP contribution is 2.58. The second-order valence-corrected chi connectivity index (χ2v) is 6.47. The van der Waals surface area contributed by atoms with Gasteiger partial charge in [0, 0.05) is 19.3 Å². The lowest BCUT2D eigenvalue weighted by molar-refractivity contribution is 0.0518. The van der Waals surface area contributed by atoms with Gasteiger partial charge in [0.2, 0.25) is 0 Å². The topological polar surface area (TPSA) is 21.3 Å². The van der Waals surface area contributed by atoms with Crippen molar-refractivity contribution < 1.29 is 4.74 Å². The molecule has 0 aromatic heterocycles. The molecule has 0 aromatic carbocycles. The van der Waals surface area contributed by atoms with Crippen molar-refractivity contribution in [3.8, 4) is 0 Å². The van der Waals surface area contributed by atoms with E-state index in [1.165, 1.54) is 64.3 Å². The average molecular weight is 237 g/mol. The minimum absolute atomic E-state index is 0.704. The zero-order valence-corrected chi connectivity index (χ0v) is 11.0. The van der Waals surface area contributed by atoms with Crippen LogP contribution in [-0.4, -0.2) is 25.8 Å². The first-order valence-corrected chi connectivity index (χ1v) is 7.70. The summed E-state index contributed by atoms with van der Waals surface area (Å²) in [4.78, 5) is 0. The summed E-state index contributed by atoms with van der Waals surface area (Å²) >= 11 is 0. The van der Waals surface area contributed by atoms with Crippen LogP contribution in [0.25, 0.3) is 0 Å². The number of ether oxygens (including phenoxy) is 1. The van der Waals surface area contributed by atoms with Crippen molar-refractivity contribution >= 4 is 0 Å². The summed E-state index contributed by atoms with van der Waals surface area (Å²) in [6.45, 7) is 3.31. The van der Waals surface area contributed by atoms with Gasteiger partial charge in [0.05, 0.1) is 0 Å². The maximum atomic E-state index is 5.48. The smallest absolute Gasteiger partial charge is 0.0471 e. The normalized spacial score (nSPS) is 33.5. The molecule has 0 radical (unpaired) electrons. The summed E-state index contributed by atoms with van der Waals surface area (Å²) in [5.41, 5.74) is 0.704. The van der Waals surface area contributed by atoms with Crippen LogP contribution in [0.3, 0.4) is 0 Å². The van der Waals surface area contributed by atoms with E-state index >= 15 is 0 Å². The average Bonchev–Trinajstić information content (AvgIpc) is 3.08. The molecular weight excluding hydrogens is 210 g/mol. The molecule has 1 spiro atoms. The SMILES string of the molecule is C1CCCC(NCC2CC23CCOCC3)CC1. The molecule has 1 heterocycles. The molecule has 17 heavy (non-hydrogen) atoms. The summed E-state index contributed by atoms with van der Waals surface area (Å²) in [7, 11) is 0. The molecule has 3 rings (SSSR count). The molecule has 1 atom stereocenters. The third kappa shape index (κ3) is 2.85. The fourth-order valence-corrected chi connectivity index (χ4v) is 3.90. The minimum Gasteiger partial charge on any atom is -0.381 e. The zero-order valence-electron chi connectivity index (χ0n) is 11.0. The van der Waals surface area contributed by atoms with E-state index in [4.69, 9.17) is 4.74 Å². The first-order valence-electron chi connectivity index (χ1n) is 7.70. The van der Waals surface area contributed by atoms with E-state index in [1.807, 2.05) is 0 Å². The molecule has 1 N–H and O–H groups in total. The van der Waals surface area contributed by atoms with Crippen molar-refractivity contribution in [2.24, 2.45) is 11.3 Å². The highest BCUT2D eigenvalue weighted by atomic mass is 16.5. The molecule has 1 saturated heterocycles. The van der Waals surface area contributed by atoms with Gasteiger partial charge < -0.3 is 10.1 Å². The highest BCUT2D eigenvalue weighted by molar-refractivity contribution is 5.04. The van der Waals surface area contributed by atoms with E-state index in [0.29, 0.717) is 5.41 Å². The van der Waals surface area contributed by atoms with Gasteiger partial charge in [-0.2, -0.15) is 0 Å². The Labute approximate surface area is 105 Å². The van der Waals surface area contributed by atoms with Crippen molar-refractivity contribution in [3.05, 3.63) is 0 Å². The van der Waals surface area contributed by atoms with E-state index in [9.17, 15) is 0 Å². The summed E-state index contributed by atoms with van der Waals surface area (Å²) in [5.74, 6) is 0.967. The molecule has 2 nitrogen and oxygen atoms in total. The highest BCUT2D eigenvalue weighted by Gasteiger charge is 2.53. The predicted octanol–water partition coefficient (Wildman–Crippen LogP) is 3.12. The Morgan fingerprint density at radius 2 is 1.71 bits per heavy atom. The molecule has 0 aromatic rings. The third-order valence-corrected chi connectivity index (χ3v) is 5.36. The van der Waals surface area contributed by atoms with Crippen LogP contribution < -0.4 is 5.32 Å². The number of rotatable bonds is 3. The van der Waals surface area contributed by atoms with Crippen LogP contribution in [-0.2, 0) is 4.74 Å². The molecule has 3 fully saturated rings. The van der Waals surface area contributed by atoms with Gasteiger partial charge in [-0.25, -0.2) is 0 Å². The van der Waals surface area contributed by atoms with Gasteiger partial charge in [-0.1, -0.05) is 25.7 Å². The molecule has 1 aliphatic heterocycles. The van der Waals surface area contributed by atoms with Gasteiger partial charge in [0.15, 0.2) is 0 Å². The third-order valence-electron chi connectivity index (χ3n) is 5.36. The van der Waals surface area contributed by atoms with Crippen LogP contribution in [0.1, 0.15) is 57.8 Å². The van der Waals surface area contributed by atoms with Gasteiger partial charge in [-0.3, -0.25) is 0 Å². The van der Waals surface area contributed by atoms with E-state index in [-0.39, 0.29) is 0 Å². The van der Waals surface area contributed by atoms with Crippen molar-refractivity contribution in [2.75, 3.05) is 19.8 Å². The monoisotopic (exact) mass is 237 g/mol. The first kappa shape index (κ1) is 12.0. The second kappa shape index (κ2) is 5.27. The Bertz CT molecular complexity index is 239. The van der Waals surface area contributed by atoms with Gasteiger partial charge in [-0.15, -0.1) is 0 Å². The molecular formula is C15H27NO. The van der Waals surface area contributed by atoms with Crippen molar-refractivity contribution in [3.63, 3.8) is 0 Å². The van der Waals surface area contributed by atoms with E-state index < -0.39 is 0 Å². The molecule has 3 aliphatic rings. The number of hydrogen-bond donors (Lipinski definition) is 1. The molecule has 98 valence electrons. The van der Waals surface area contributed by atoms with Gasteiger partial charge in [0.25, 0.3) is 0 Å². The lowest BCUT2D eigenvalue weighted by Gasteiger charge is -2.24. The Hall–Kier alpha value is -0.0800. The van der Waals surface area contributed by atoms with Crippen molar-refractivity contribution in [1.29, 1.82) is 0 Å². The summed E-state index contributed by atoms with van der Waals surface area (Å²) in [6, 6.07) is 0.829. The summed E-state index contributed by atoms with van der Waals surface area (Å²) in [6.07, 6.45) is 12.8. The minimum atomic E-state index is 0.704. The largest absolute Gasteiger partial charge is 0.381 e. The van der Waals surface area contributed by atoms with E-state index in [2.05, 4.69) is 5.32 Å². The zero-order chi connectivity index (χ0) is 11.6. The Morgan fingerprint density at radius 1 is 1.00 bits per heavy atom. The van der Waals surface area contributed by atoms with Crippen LogP contribution in [0.15, 0.2) is 0 Å². The fourth-order valence-electron chi connectivity index (χ4n) is 3.90. The maximum absolute atomic E-state index is 5.48. The first-order chi connectivity index (χ1) is 8.39. The van der Waals surface area contributed by atoms with Crippen LogP contribution in [0, 0.1) is 11.3 Å². The van der Waals surface area contributed by atoms with Crippen LogP contribution >= 0.6 is 0 Å². The second-order valence-electron chi connectivity index (χ2n) is 6.47. The molecule has 2 heteroatoms. The summed E-state index contributed by atoms with van der Waals surface area (Å²) < 4.78 is 5.48. The standard InChI is InChI=1S/C15H27NO/c1-2-4-6-14(5-3-1)16-12-13-11-15(13)7-9-17-10-8-15/h13-14,16H,1-12H2. The number of hydrogen-bond acceptors (Lipinski definition) is 2. The van der Waals surface area contributed by atoms with Crippen LogP contribution in [0.5, 0.6) is 0 Å². The molecule has 0 bridgehead atoms. The Kier molecular flexibility index (Phi) is 3.72. The fraction of sp³-hybridized carbons (Fsp3) is 1.00. The molecule has 2 aliphatic carbocycles.